The molecule has 1 aromatic carbocycles. The van der Waals surface area contributed by atoms with E-state index in [0.29, 0.717) is 40.6 Å². The molecule has 7 rings (SSSR count). The second-order valence-corrected chi connectivity index (χ2v) is 15.6. The smallest absolute Gasteiger partial charge is 0.191 e. The molecule has 6 aliphatic rings. The van der Waals surface area contributed by atoms with E-state index in [0.717, 1.165) is 57.2 Å². The molecule has 6 fully saturated rings. The van der Waals surface area contributed by atoms with Gasteiger partial charge in [-0.15, -0.1) is 0 Å². The monoisotopic (exact) mass is 597 g/mol. The highest BCUT2D eigenvalue weighted by atomic mass is 32.1. The summed E-state index contributed by atoms with van der Waals surface area (Å²) in [6.45, 7) is 10.4. The third-order valence-corrected chi connectivity index (χ3v) is 13.4. The number of nitrogens with zero attached hydrogens (tertiary/aromatic N) is 1. The van der Waals surface area contributed by atoms with Gasteiger partial charge in [0.2, 0.25) is 0 Å². The van der Waals surface area contributed by atoms with Gasteiger partial charge in [-0.25, -0.2) is 4.39 Å². The van der Waals surface area contributed by atoms with Crippen LogP contribution < -0.4 is 10.7 Å². The summed E-state index contributed by atoms with van der Waals surface area (Å²) in [5.41, 5.74) is 5.26. The van der Waals surface area contributed by atoms with Gasteiger partial charge in [0.05, 0.1) is 18.8 Å². The van der Waals surface area contributed by atoms with Crippen LogP contribution in [-0.2, 0) is 9.47 Å². The van der Waals surface area contributed by atoms with Crippen LogP contribution in [-0.4, -0.2) is 40.5 Å². The van der Waals surface area contributed by atoms with Crippen molar-refractivity contribution in [3.63, 3.8) is 0 Å². The fourth-order valence-electron chi connectivity index (χ4n) is 10.9. The highest BCUT2D eigenvalue weighted by Crippen LogP contribution is 2.70. The Labute approximate surface area is 255 Å². The van der Waals surface area contributed by atoms with Crippen molar-refractivity contribution in [3.8, 4) is 0 Å². The highest BCUT2D eigenvalue weighted by molar-refractivity contribution is 7.80. The van der Waals surface area contributed by atoms with Crippen LogP contribution in [0.5, 0.6) is 0 Å². The van der Waals surface area contributed by atoms with Crippen LogP contribution in [0.4, 0.5) is 10.1 Å². The van der Waals surface area contributed by atoms with Crippen LogP contribution in [0.2, 0.25) is 0 Å². The molecule has 0 amide bonds. The molecule has 0 radical (unpaired) electrons. The average Bonchev–Trinajstić information content (AvgIpc) is 3.41. The summed E-state index contributed by atoms with van der Waals surface area (Å²) < 4.78 is 27.0. The van der Waals surface area contributed by atoms with Gasteiger partial charge in [0.25, 0.3) is 0 Å². The van der Waals surface area contributed by atoms with Crippen LogP contribution in [0, 0.1) is 58.1 Å². The SMILES string of the molecule is C[C@@H]1CC[C@@]2(OC1)O[C@H]1C[C@H]3[C@@H]4CC[C@H]5C[C@@H](O)CC[C@]5(C)[C@H]4C/C(=N\NC(=S)Nc4ccc(F)cc4)[C@]3(C)[C@H]1[C@@H]2C. The molecule has 0 unspecified atom stereocenters. The lowest BCUT2D eigenvalue weighted by molar-refractivity contribution is -0.272. The minimum Gasteiger partial charge on any atom is -0.393 e. The van der Waals surface area contributed by atoms with Gasteiger partial charge in [-0.05, 0) is 123 Å². The Morgan fingerprint density at radius 2 is 1.83 bits per heavy atom. The number of fused-ring (bicyclic) bond motifs is 7. The first-order chi connectivity index (χ1) is 20.0. The molecule has 2 aliphatic heterocycles. The van der Waals surface area contributed by atoms with E-state index in [1.54, 1.807) is 12.1 Å². The standard InChI is InChI=1S/C34H48FN3O3S/c1-19-11-14-34(40-18-19)20(2)30-28(41-34)16-27-25-10-5-21-15-24(39)12-13-32(21,3)26(25)17-29(33(27,30)4)37-38-31(42)36-23-8-6-22(35)7-9-23/h6-9,19-21,24-28,30,39H,5,10-18H2,1-4H3,(H2,36,38,42)/b37-29+/t19-,20+,21+,24+,25-,26+,27+,28+,30+,32+,33-,34-/m1/s1. The zero-order valence-electron chi connectivity index (χ0n) is 25.6. The first-order valence-electron chi connectivity index (χ1n) is 16.4. The lowest BCUT2D eigenvalue weighted by Crippen LogP contribution is -2.58. The first-order valence-corrected chi connectivity index (χ1v) is 16.8. The molecule has 0 bridgehead atoms. The summed E-state index contributed by atoms with van der Waals surface area (Å²) in [6.07, 6.45) is 9.51. The normalized spacial score (nSPS) is 48.7. The molecule has 230 valence electrons. The number of rotatable bonds is 2. The largest absolute Gasteiger partial charge is 0.393 e. The lowest BCUT2D eigenvalue weighted by atomic mass is 9.44. The summed E-state index contributed by atoms with van der Waals surface area (Å²) in [7, 11) is 0. The molecule has 1 aromatic rings. The Morgan fingerprint density at radius 1 is 1.05 bits per heavy atom. The molecule has 4 aliphatic carbocycles. The van der Waals surface area contributed by atoms with Crippen LogP contribution in [0.3, 0.4) is 0 Å². The molecule has 2 heterocycles. The summed E-state index contributed by atoms with van der Waals surface area (Å²) in [5.74, 6) is 2.69. The molecule has 3 N–H and O–H groups in total. The topological polar surface area (TPSA) is 75.1 Å². The van der Waals surface area contributed by atoms with Crippen molar-refractivity contribution in [2.75, 3.05) is 11.9 Å². The van der Waals surface area contributed by atoms with E-state index in [1.807, 2.05) is 0 Å². The number of hydrogen-bond donors (Lipinski definition) is 3. The van der Waals surface area contributed by atoms with Crippen LogP contribution in [0.25, 0.3) is 0 Å². The van der Waals surface area contributed by atoms with Crippen molar-refractivity contribution in [1.29, 1.82) is 0 Å². The van der Waals surface area contributed by atoms with E-state index in [4.69, 9.17) is 26.8 Å². The summed E-state index contributed by atoms with van der Waals surface area (Å²) in [5, 5.41) is 19.3. The summed E-state index contributed by atoms with van der Waals surface area (Å²) >= 11 is 5.67. The maximum absolute atomic E-state index is 13.4. The number of anilines is 1. The zero-order valence-corrected chi connectivity index (χ0v) is 26.4. The van der Waals surface area contributed by atoms with Crippen molar-refractivity contribution in [2.24, 2.45) is 57.4 Å². The van der Waals surface area contributed by atoms with Gasteiger partial charge in [0.1, 0.15) is 5.82 Å². The predicted molar refractivity (Wildman–Crippen MR) is 166 cm³/mol. The minimum atomic E-state index is -0.478. The maximum Gasteiger partial charge on any atom is 0.191 e. The number of nitrogens with one attached hydrogen (secondary N) is 2. The third-order valence-electron chi connectivity index (χ3n) is 13.2. The molecule has 0 aromatic heterocycles. The Balaban J connectivity index is 1.21. The second-order valence-electron chi connectivity index (χ2n) is 15.2. The molecule has 1 spiro atoms. The highest BCUT2D eigenvalue weighted by Gasteiger charge is 2.71. The Bertz CT molecular complexity index is 1230. The van der Waals surface area contributed by atoms with Gasteiger partial charge < -0.3 is 19.9 Å². The van der Waals surface area contributed by atoms with E-state index >= 15 is 0 Å². The Hall–Kier alpha value is -1.61. The van der Waals surface area contributed by atoms with Crippen molar-refractivity contribution in [1.82, 2.24) is 5.43 Å². The van der Waals surface area contributed by atoms with Crippen molar-refractivity contribution in [2.45, 2.75) is 103 Å². The Kier molecular flexibility index (Phi) is 7.27. The minimum absolute atomic E-state index is 0.114. The van der Waals surface area contributed by atoms with Gasteiger partial charge in [0.15, 0.2) is 10.9 Å². The fourth-order valence-corrected chi connectivity index (χ4v) is 11.1. The molecule has 2 saturated heterocycles. The van der Waals surface area contributed by atoms with Gasteiger partial charge in [-0.3, -0.25) is 5.43 Å². The van der Waals surface area contributed by atoms with E-state index in [2.05, 4.69) is 38.4 Å². The maximum atomic E-state index is 13.4. The van der Waals surface area contributed by atoms with Gasteiger partial charge in [-0.2, -0.15) is 5.10 Å². The zero-order chi connectivity index (χ0) is 29.4. The molecule has 12 atom stereocenters. The number of benzene rings is 1. The van der Waals surface area contributed by atoms with Crippen molar-refractivity contribution < 1.29 is 19.0 Å². The molecular weight excluding hydrogens is 549 g/mol. The number of aliphatic hydroxyl groups is 1. The molecular formula is C34H48FN3O3S. The number of hydrazone groups is 1. The number of thiocarbonyl (C=S) groups is 1. The Morgan fingerprint density at radius 3 is 2.57 bits per heavy atom. The van der Waals surface area contributed by atoms with E-state index in [1.165, 1.54) is 30.7 Å². The number of halogens is 1. The van der Waals surface area contributed by atoms with Gasteiger partial charge >= 0.3 is 0 Å². The van der Waals surface area contributed by atoms with Gasteiger partial charge in [0, 0.05) is 35.1 Å². The molecule has 42 heavy (non-hydrogen) atoms. The predicted octanol–water partition coefficient (Wildman–Crippen LogP) is 6.89. The average molecular weight is 598 g/mol. The summed E-state index contributed by atoms with van der Waals surface area (Å²) in [4.78, 5) is 0. The van der Waals surface area contributed by atoms with Crippen LogP contribution in [0.1, 0.15) is 85.5 Å². The van der Waals surface area contributed by atoms with Crippen molar-refractivity contribution >= 4 is 28.7 Å². The van der Waals surface area contributed by atoms with Gasteiger partial charge in [-0.1, -0.05) is 27.7 Å². The van der Waals surface area contributed by atoms with E-state index in [-0.39, 0.29) is 34.8 Å². The summed E-state index contributed by atoms with van der Waals surface area (Å²) in [6, 6.07) is 6.22. The number of aliphatic hydroxyl groups excluding tert-OH is 1. The van der Waals surface area contributed by atoms with Crippen LogP contribution in [0.15, 0.2) is 29.4 Å². The molecule has 6 nitrogen and oxygen atoms in total. The second kappa shape index (κ2) is 10.5. The first kappa shape index (κ1) is 29.1. The molecule has 8 heteroatoms. The quantitative estimate of drug-likeness (QED) is 0.255. The van der Waals surface area contributed by atoms with Crippen molar-refractivity contribution in [3.05, 3.63) is 30.1 Å². The fraction of sp³-hybridized carbons (Fsp3) is 0.765. The van der Waals surface area contributed by atoms with E-state index < -0.39 is 5.79 Å². The lowest BCUT2D eigenvalue weighted by Gasteiger charge is -2.61. The number of hydrogen-bond acceptors (Lipinski definition) is 5. The van der Waals surface area contributed by atoms with E-state index in [9.17, 15) is 9.50 Å². The third kappa shape index (κ3) is 4.49. The molecule has 4 saturated carbocycles. The van der Waals surface area contributed by atoms with Crippen LogP contribution >= 0.6 is 12.2 Å². The number of ether oxygens (including phenoxy) is 2.